The Bertz CT molecular complexity index is 1260. The van der Waals surface area contributed by atoms with Gasteiger partial charge in [-0.25, -0.2) is 13.2 Å². The van der Waals surface area contributed by atoms with E-state index in [4.69, 9.17) is 4.42 Å². The van der Waals surface area contributed by atoms with Gasteiger partial charge in [0.1, 0.15) is 11.3 Å². The quantitative estimate of drug-likeness (QED) is 0.589. The van der Waals surface area contributed by atoms with E-state index in [1.165, 1.54) is 6.07 Å². The number of phenolic OH excluding ortho intramolecular Hbond substituents is 1. The monoisotopic (exact) mass is 441 g/mol. The first-order chi connectivity index (χ1) is 14.8. The van der Waals surface area contributed by atoms with E-state index in [0.717, 1.165) is 22.1 Å². The second kappa shape index (κ2) is 8.48. The maximum atomic E-state index is 12.2. The van der Waals surface area contributed by atoms with Gasteiger partial charge in [0.15, 0.2) is 9.84 Å². The lowest BCUT2D eigenvalue weighted by atomic mass is 9.99. The number of phenols is 1. The summed E-state index contributed by atoms with van der Waals surface area (Å²) in [6.07, 6.45) is 1.17. The van der Waals surface area contributed by atoms with Crippen LogP contribution in [0.2, 0.25) is 0 Å². The van der Waals surface area contributed by atoms with Gasteiger partial charge >= 0.3 is 5.63 Å². The fourth-order valence-corrected chi connectivity index (χ4v) is 6.14. The molecule has 0 radical (unpaired) electrons. The maximum Gasteiger partial charge on any atom is 0.336 e. The lowest BCUT2D eigenvalue weighted by Gasteiger charge is -2.29. The van der Waals surface area contributed by atoms with Gasteiger partial charge in [0.25, 0.3) is 0 Å². The molecule has 1 atom stereocenters. The molecule has 1 aliphatic rings. The van der Waals surface area contributed by atoms with Crippen molar-refractivity contribution in [2.24, 2.45) is 0 Å². The van der Waals surface area contributed by atoms with Crippen molar-refractivity contribution < 1.29 is 17.9 Å². The molecule has 0 amide bonds. The van der Waals surface area contributed by atoms with Crippen LogP contribution in [-0.2, 0) is 29.3 Å². The molecule has 0 spiro atoms. The van der Waals surface area contributed by atoms with Gasteiger partial charge in [-0.1, -0.05) is 37.3 Å². The maximum absolute atomic E-state index is 12.2. The summed E-state index contributed by atoms with van der Waals surface area (Å²) in [5, 5.41) is 11.8. The normalized spacial score (nSPS) is 18.1. The Kier molecular flexibility index (Phi) is 5.90. The number of hydrogen-bond acceptors (Lipinski definition) is 6. The zero-order valence-corrected chi connectivity index (χ0v) is 18.6. The summed E-state index contributed by atoms with van der Waals surface area (Å²) in [6, 6.07) is 13.0. The number of benzene rings is 2. The topological polar surface area (TPSA) is 87.8 Å². The van der Waals surface area contributed by atoms with Gasteiger partial charge in [-0.3, -0.25) is 4.90 Å². The van der Waals surface area contributed by atoms with Gasteiger partial charge in [-0.2, -0.15) is 0 Å². The largest absolute Gasteiger partial charge is 0.507 e. The molecule has 0 unspecified atom stereocenters. The molecule has 7 heteroatoms. The van der Waals surface area contributed by atoms with Crippen molar-refractivity contribution in [1.29, 1.82) is 0 Å². The predicted molar refractivity (Wildman–Crippen MR) is 121 cm³/mol. The molecule has 31 heavy (non-hydrogen) atoms. The van der Waals surface area contributed by atoms with E-state index in [2.05, 4.69) is 4.90 Å². The molecule has 0 saturated carbocycles. The van der Waals surface area contributed by atoms with Crippen molar-refractivity contribution >= 4 is 20.8 Å². The Balaban J connectivity index is 1.82. The molecule has 3 aromatic rings. The third-order valence-electron chi connectivity index (χ3n) is 6.08. The third kappa shape index (κ3) is 4.52. The number of hydrogen-bond donors (Lipinski definition) is 1. The molecule has 2 aromatic carbocycles. The highest BCUT2D eigenvalue weighted by Crippen LogP contribution is 2.35. The summed E-state index contributed by atoms with van der Waals surface area (Å²) in [6.45, 7) is 4.64. The molecule has 1 fully saturated rings. The number of aromatic hydroxyl groups is 1. The minimum absolute atomic E-state index is 0.0922. The van der Waals surface area contributed by atoms with E-state index in [-0.39, 0.29) is 29.8 Å². The van der Waals surface area contributed by atoms with Crippen LogP contribution in [0.25, 0.3) is 11.0 Å². The van der Waals surface area contributed by atoms with Crippen LogP contribution in [0.15, 0.2) is 51.7 Å². The minimum atomic E-state index is -3.08. The van der Waals surface area contributed by atoms with Crippen molar-refractivity contribution in [2.45, 2.75) is 45.8 Å². The summed E-state index contributed by atoms with van der Waals surface area (Å²) in [4.78, 5) is 14.2. The highest BCUT2D eigenvalue weighted by molar-refractivity contribution is 7.91. The van der Waals surface area contributed by atoms with Crippen LogP contribution in [0, 0.1) is 6.92 Å². The first kappa shape index (κ1) is 21.6. The number of sulfone groups is 1. The van der Waals surface area contributed by atoms with Crippen LogP contribution in [0.4, 0.5) is 0 Å². The number of nitrogens with zero attached hydrogens (tertiary/aromatic N) is 1. The number of rotatable bonds is 6. The SMILES string of the molecule is CCc1cc2c(C)cc(=O)oc2c(CN(Cc2ccccc2)[C@H]2CCS(=O)(=O)C2)c1O. The molecule has 1 aliphatic heterocycles. The highest BCUT2D eigenvalue weighted by atomic mass is 32.2. The zero-order chi connectivity index (χ0) is 22.2. The van der Waals surface area contributed by atoms with Crippen molar-refractivity contribution in [3.8, 4) is 5.75 Å². The Labute approximate surface area is 182 Å². The van der Waals surface area contributed by atoms with E-state index in [1.807, 2.05) is 50.2 Å². The van der Waals surface area contributed by atoms with Gasteiger partial charge in [0.05, 0.1) is 17.1 Å². The van der Waals surface area contributed by atoms with Crippen LogP contribution in [0.3, 0.4) is 0 Å². The minimum Gasteiger partial charge on any atom is -0.507 e. The van der Waals surface area contributed by atoms with E-state index in [9.17, 15) is 18.3 Å². The van der Waals surface area contributed by atoms with Crippen LogP contribution in [0.5, 0.6) is 5.75 Å². The summed E-state index contributed by atoms with van der Waals surface area (Å²) < 4.78 is 29.9. The Morgan fingerprint density at radius 3 is 2.55 bits per heavy atom. The second-order valence-electron chi connectivity index (χ2n) is 8.29. The Hall–Kier alpha value is -2.64. The average molecular weight is 442 g/mol. The standard InChI is InChI=1S/C24H27NO5S/c1-3-18-12-20-16(2)11-22(26)30-24(20)21(23(18)27)14-25(13-17-7-5-4-6-8-17)19-9-10-31(28,29)15-19/h4-8,11-12,19,27H,3,9-10,13-15H2,1-2H3/t19-/m0/s1. The van der Waals surface area contributed by atoms with E-state index in [1.54, 1.807) is 0 Å². The van der Waals surface area contributed by atoms with Gasteiger partial charge in [-0.05, 0) is 42.5 Å². The van der Waals surface area contributed by atoms with Gasteiger partial charge < -0.3 is 9.52 Å². The molecule has 6 nitrogen and oxygen atoms in total. The number of aryl methyl sites for hydroxylation is 2. The van der Waals surface area contributed by atoms with Crippen molar-refractivity contribution in [3.05, 3.63) is 75.1 Å². The van der Waals surface area contributed by atoms with Gasteiger partial charge in [0.2, 0.25) is 0 Å². The Morgan fingerprint density at radius 2 is 1.90 bits per heavy atom. The molecule has 1 aromatic heterocycles. The molecule has 1 saturated heterocycles. The summed E-state index contributed by atoms with van der Waals surface area (Å²) in [5.74, 6) is 0.371. The third-order valence-corrected chi connectivity index (χ3v) is 7.83. The van der Waals surface area contributed by atoms with Gasteiger partial charge in [-0.15, -0.1) is 0 Å². The first-order valence-corrected chi connectivity index (χ1v) is 12.4. The van der Waals surface area contributed by atoms with Crippen molar-refractivity contribution in [3.63, 3.8) is 0 Å². The van der Waals surface area contributed by atoms with E-state index in [0.29, 0.717) is 30.5 Å². The smallest absolute Gasteiger partial charge is 0.336 e. The summed E-state index contributed by atoms with van der Waals surface area (Å²) >= 11 is 0. The molecule has 1 N–H and O–H groups in total. The summed E-state index contributed by atoms with van der Waals surface area (Å²) in [7, 11) is -3.08. The van der Waals surface area contributed by atoms with E-state index < -0.39 is 15.5 Å². The second-order valence-corrected chi connectivity index (χ2v) is 10.5. The first-order valence-electron chi connectivity index (χ1n) is 10.5. The van der Waals surface area contributed by atoms with Crippen LogP contribution in [0.1, 0.15) is 35.6 Å². The molecular weight excluding hydrogens is 414 g/mol. The fourth-order valence-electron chi connectivity index (χ4n) is 4.38. The molecule has 4 rings (SSSR count). The fraction of sp³-hybridized carbons (Fsp3) is 0.375. The molecular formula is C24H27NO5S. The average Bonchev–Trinajstić information content (AvgIpc) is 3.09. The van der Waals surface area contributed by atoms with Gasteiger partial charge in [0, 0.05) is 30.6 Å². The molecule has 2 heterocycles. The molecule has 0 bridgehead atoms. The lowest BCUT2D eigenvalue weighted by molar-refractivity contribution is 0.192. The van der Waals surface area contributed by atoms with Crippen molar-refractivity contribution in [1.82, 2.24) is 4.90 Å². The van der Waals surface area contributed by atoms with Crippen LogP contribution < -0.4 is 5.63 Å². The van der Waals surface area contributed by atoms with Crippen LogP contribution >= 0.6 is 0 Å². The summed E-state index contributed by atoms with van der Waals surface area (Å²) in [5.41, 5.74) is 3.07. The molecule has 164 valence electrons. The zero-order valence-electron chi connectivity index (χ0n) is 17.8. The van der Waals surface area contributed by atoms with E-state index >= 15 is 0 Å². The Morgan fingerprint density at radius 1 is 1.16 bits per heavy atom. The lowest BCUT2D eigenvalue weighted by Crippen LogP contribution is -2.35. The van der Waals surface area contributed by atoms with Crippen LogP contribution in [-0.4, -0.2) is 36.0 Å². The molecule has 0 aliphatic carbocycles. The van der Waals surface area contributed by atoms with Crippen molar-refractivity contribution in [2.75, 3.05) is 11.5 Å². The highest BCUT2D eigenvalue weighted by Gasteiger charge is 2.33. The number of fused-ring (bicyclic) bond motifs is 1. The predicted octanol–water partition coefficient (Wildman–Crippen LogP) is 3.56.